The Bertz CT molecular complexity index is 1340. The van der Waals surface area contributed by atoms with E-state index in [0.717, 1.165) is 39.0 Å². The van der Waals surface area contributed by atoms with E-state index in [0.29, 0.717) is 22.6 Å². The van der Waals surface area contributed by atoms with Gasteiger partial charge in [0, 0.05) is 21.9 Å². The number of pyridine rings is 1. The Morgan fingerprint density at radius 3 is 2.76 bits per heavy atom. The molecule has 0 saturated heterocycles. The fourth-order valence-electron chi connectivity index (χ4n) is 3.59. The van der Waals surface area contributed by atoms with Gasteiger partial charge >= 0.3 is 0 Å². The molecule has 144 valence electrons. The van der Waals surface area contributed by atoms with Crippen LogP contribution in [-0.2, 0) is 6.42 Å². The van der Waals surface area contributed by atoms with Crippen LogP contribution in [0.15, 0.2) is 60.4 Å². The molecule has 7 heteroatoms. The molecule has 5 aromatic rings. The quantitative estimate of drug-likeness (QED) is 0.410. The third-order valence-electron chi connectivity index (χ3n) is 4.95. The molecule has 2 N–H and O–H groups in total. The van der Waals surface area contributed by atoms with Gasteiger partial charge < -0.3 is 5.73 Å². The third-order valence-corrected chi connectivity index (χ3v) is 6.16. The van der Waals surface area contributed by atoms with Gasteiger partial charge in [-0.15, -0.1) is 11.3 Å². The lowest BCUT2D eigenvalue weighted by molar-refractivity contribution is 0.633. The lowest BCUT2D eigenvalue weighted by atomic mass is 10.1. The Hall–Kier alpha value is -2.80. The van der Waals surface area contributed by atoms with E-state index in [2.05, 4.69) is 9.97 Å². The number of thiophene rings is 1. The molecule has 0 unspecified atom stereocenters. The highest BCUT2D eigenvalue weighted by molar-refractivity contribution is 7.13. The normalized spacial score (nSPS) is 11.6. The fraction of sp³-hybridized carbons (Fsp3) is 0.0909. The van der Waals surface area contributed by atoms with Gasteiger partial charge in [0.05, 0.1) is 27.9 Å². The van der Waals surface area contributed by atoms with Crippen molar-refractivity contribution in [1.29, 1.82) is 0 Å². The van der Waals surface area contributed by atoms with Crippen molar-refractivity contribution in [3.05, 3.63) is 76.8 Å². The van der Waals surface area contributed by atoms with Crippen molar-refractivity contribution in [3.63, 3.8) is 0 Å². The van der Waals surface area contributed by atoms with E-state index in [-0.39, 0.29) is 5.82 Å². The number of halogens is 2. The van der Waals surface area contributed by atoms with Crippen molar-refractivity contribution in [2.75, 3.05) is 6.54 Å². The number of benzene rings is 2. The number of hydrogen-bond donors (Lipinski definition) is 1. The Morgan fingerprint density at radius 2 is 2.00 bits per heavy atom. The Morgan fingerprint density at radius 1 is 1.10 bits per heavy atom. The van der Waals surface area contributed by atoms with Gasteiger partial charge in [-0.05, 0) is 48.2 Å². The second-order valence-electron chi connectivity index (χ2n) is 6.76. The highest BCUT2D eigenvalue weighted by Gasteiger charge is 2.16. The van der Waals surface area contributed by atoms with Crippen LogP contribution >= 0.6 is 22.9 Å². The van der Waals surface area contributed by atoms with Crippen LogP contribution in [0.4, 0.5) is 4.39 Å². The summed E-state index contributed by atoms with van der Waals surface area (Å²) in [6, 6.07) is 13.1. The number of hydrogen-bond acceptors (Lipinski definition) is 4. The molecule has 5 rings (SSSR count). The van der Waals surface area contributed by atoms with E-state index >= 15 is 0 Å². The fourth-order valence-corrected chi connectivity index (χ4v) is 4.62. The summed E-state index contributed by atoms with van der Waals surface area (Å²) >= 11 is 8.08. The van der Waals surface area contributed by atoms with E-state index in [1.165, 1.54) is 17.4 Å². The molecule has 0 amide bonds. The van der Waals surface area contributed by atoms with Crippen LogP contribution in [0, 0.1) is 5.82 Å². The standard InChI is InChI=1S/C22H16ClFN4S/c23-16-8-13(5-6-25)3-4-20(16)28-12-27-19-11-26-18-10-17(24)14(9-15(18)22(19)28)21-2-1-7-29-21/h1-4,7-12H,5-6,25H2. The lowest BCUT2D eigenvalue weighted by Gasteiger charge is -2.11. The van der Waals surface area contributed by atoms with Gasteiger partial charge in [0.2, 0.25) is 0 Å². The number of rotatable bonds is 4. The van der Waals surface area contributed by atoms with Crippen molar-refractivity contribution in [1.82, 2.24) is 14.5 Å². The molecule has 0 spiro atoms. The molecule has 3 aromatic heterocycles. The van der Waals surface area contributed by atoms with Crippen LogP contribution in [-0.4, -0.2) is 21.1 Å². The summed E-state index contributed by atoms with van der Waals surface area (Å²) in [6.07, 6.45) is 4.15. The number of aromatic nitrogens is 3. The number of imidazole rings is 1. The lowest BCUT2D eigenvalue weighted by Crippen LogP contribution is -2.03. The maximum Gasteiger partial charge on any atom is 0.134 e. The van der Waals surface area contributed by atoms with Gasteiger partial charge in [-0.25, -0.2) is 9.37 Å². The summed E-state index contributed by atoms with van der Waals surface area (Å²) in [5.74, 6) is -0.290. The first-order chi connectivity index (χ1) is 14.2. The number of nitrogens with zero attached hydrogens (tertiary/aromatic N) is 3. The SMILES string of the molecule is NCCc1ccc(-n2cnc3cnc4cc(F)c(-c5cccs5)cc4c32)c(Cl)c1. The van der Waals surface area contributed by atoms with Crippen LogP contribution in [0.5, 0.6) is 0 Å². The molecule has 0 bridgehead atoms. The summed E-state index contributed by atoms with van der Waals surface area (Å²) in [5, 5.41) is 3.37. The van der Waals surface area contributed by atoms with E-state index in [1.54, 1.807) is 12.5 Å². The van der Waals surface area contributed by atoms with Crippen LogP contribution in [0.3, 0.4) is 0 Å². The Labute approximate surface area is 175 Å². The first-order valence-electron chi connectivity index (χ1n) is 9.14. The van der Waals surface area contributed by atoms with E-state index in [4.69, 9.17) is 17.3 Å². The molecule has 0 radical (unpaired) electrons. The molecule has 0 aliphatic carbocycles. The Kier molecular flexibility index (Phi) is 4.54. The molecule has 0 fully saturated rings. The molecule has 0 aliphatic rings. The highest BCUT2D eigenvalue weighted by atomic mass is 35.5. The van der Waals surface area contributed by atoms with Gasteiger partial charge in [0.25, 0.3) is 0 Å². The van der Waals surface area contributed by atoms with Gasteiger partial charge in [-0.1, -0.05) is 23.7 Å². The molecule has 4 nitrogen and oxygen atoms in total. The minimum Gasteiger partial charge on any atom is -0.330 e. The number of nitrogens with two attached hydrogens (primary N) is 1. The predicted octanol–water partition coefficient (Wildman–Crippen LogP) is 5.60. The zero-order chi connectivity index (χ0) is 20.0. The van der Waals surface area contributed by atoms with Crippen molar-refractivity contribution < 1.29 is 4.39 Å². The van der Waals surface area contributed by atoms with Crippen LogP contribution in [0.2, 0.25) is 5.02 Å². The van der Waals surface area contributed by atoms with E-state index in [1.807, 2.05) is 46.3 Å². The second-order valence-corrected chi connectivity index (χ2v) is 8.11. The van der Waals surface area contributed by atoms with Gasteiger partial charge in [-0.2, -0.15) is 0 Å². The molecule has 3 heterocycles. The first-order valence-corrected chi connectivity index (χ1v) is 10.4. The maximum atomic E-state index is 14.7. The van der Waals surface area contributed by atoms with Gasteiger partial charge in [0.15, 0.2) is 0 Å². The van der Waals surface area contributed by atoms with Crippen LogP contribution < -0.4 is 5.73 Å². The minimum absolute atomic E-state index is 0.290. The Balaban J connectivity index is 1.77. The van der Waals surface area contributed by atoms with Crippen molar-refractivity contribution >= 4 is 44.9 Å². The molecular weight excluding hydrogens is 407 g/mol. The average Bonchev–Trinajstić information content (AvgIpc) is 3.38. The van der Waals surface area contributed by atoms with Gasteiger partial charge in [-0.3, -0.25) is 9.55 Å². The average molecular weight is 423 g/mol. The predicted molar refractivity (Wildman–Crippen MR) is 117 cm³/mol. The zero-order valence-electron chi connectivity index (χ0n) is 15.3. The molecular formula is C22H16ClFN4S. The largest absolute Gasteiger partial charge is 0.330 e. The van der Waals surface area contributed by atoms with Crippen molar-refractivity contribution in [3.8, 4) is 16.1 Å². The third kappa shape index (κ3) is 3.09. The maximum absolute atomic E-state index is 14.7. The molecule has 0 aliphatic heterocycles. The molecule has 2 aromatic carbocycles. The zero-order valence-corrected chi connectivity index (χ0v) is 16.8. The second kappa shape index (κ2) is 7.22. The molecule has 29 heavy (non-hydrogen) atoms. The van der Waals surface area contributed by atoms with Gasteiger partial charge in [0.1, 0.15) is 17.7 Å². The summed E-state index contributed by atoms with van der Waals surface area (Å²) in [5.41, 5.74) is 10.2. The van der Waals surface area contributed by atoms with Crippen LogP contribution in [0.25, 0.3) is 38.1 Å². The van der Waals surface area contributed by atoms with E-state index < -0.39 is 0 Å². The summed E-state index contributed by atoms with van der Waals surface area (Å²) in [4.78, 5) is 9.76. The number of fused-ring (bicyclic) bond motifs is 3. The monoisotopic (exact) mass is 422 g/mol. The minimum atomic E-state index is -0.290. The van der Waals surface area contributed by atoms with E-state index in [9.17, 15) is 4.39 Å². The van der Waals surface area contributed by atoms with Crippen molar-refractivity contribution in [2.24, 2.45) is 5.73 Å². The summed E-state index contributed by atoms with van der Waals surface area (Å²) < 4.78 is 16.7. The molecule has 0 atom stereocenters. The topological polar surface area (TPSA) is 56.7 Å². The smallest absolute Gasteiger partial charge is 0.134 e. The highest BCUT2D eigenvalue weighted by Crippen LogP contribution is 2.34. The molecule has 0 saturated carbocycles. The van der Waals surface area contributed by atoms with Crippen LogP contribution in [0.1, 0.15) is 5.56 Å². The summed E-state index contributed by atoms with van der Waals surface area (Å²) in [7, 11) is 0. The first kappa shape index (κ1) is 18.2. The van der Waals surface area contributed by atoms with Crippen molar-refractivity contribution in [2.45, 2.75) is 6.42 Å². The summed E-state index contributed by atoms with van der Waals surface area (Å²) in [6.45, 7) is 0.567.